The van der Waals surface area contributed by atoms with Gasteiger partial charge in [-0.25, -0.2) is 8.42 Å². The molecule has 1 atom stereocenters. The minimum Gasteiger partial charge on any atom is -0.496 e. The van der Waals surface area contributed by atoms with Crippen LogP contribution in [0.25, 0.3) is 0 Å². The second-order valence-corrected chi connectivity index (χ2v) is 7.09. The van der Waals surface area contributed by atoms with Gasteiger partial charge >= 0.3 is 0 Å². The highest BCUT2D eigenvalue weighted by molar-refractivity contribution is 7.91. The maximum absolute atomic E-state index is 12.8. The lowest BCUT2D eigenvalue weighted by Crippen LogP contribution is -2.54. The number of hydrogen-bond acceptors (Lipinski definition) is 3. The van der Waals surface area contributed by atoms with Crippen molar-refractivity contribution < 1.29 is 18.9 Å². The molecule has 0 bridgehead atoms. The minimum absolute atomic E-state index is 0.214. The van der Waals surface area contributed by atoms with E-state index in [0.29, 0.717) is 16.3 Å². The van der Waals surface area contributed by atoms with Gasteiger partial charge < -0.3 is 10.5 Å². The number of rotatable bonds is 5. The van der Waals surface area contributed by atoms with Gasteiger partial charge in [0.15, 0.2) is 9.84 Å². The number of hydrogen-bond donors (Lipinski definition) is 1. The molecule has 2 aromatic carbocycles. The van der Waals surface area contributed by atoms with Gasteiger partial charge in [-0.05, 0) is 30.3 Å². The van der Waals surface area contributed by atoms with Gasteiger partial charge in [0.25, 0.3) is 0 Å². The average Bonchev–Trinajstić information content (AvgIpc) is 2.48. The summed E-state index contributed by atoms with van der Waals surface area (Å²) in [4.78, 5) is 0.228. The predicted octanol–water partition coefficient (Wildman–Crippen LogP) is 2.11. The maximum Gasteiger partial charge on any atom is 0.191 e. The highest BCUT2D eigenvalue weighted by atomic mass is 35.5. The third kappa shape index (κ3) is 3.20. The average molecular weight is 327 g/mol. The summed E-state index contributed by atoms with van der Waals surface area (Å²) in [6.45, 7) is 0.214. The van der Waals surface area contributed by atoms with E-state index in [1.807, 2.05) is 0 Å². The normalized spacial score (nSPS) is 12.9. The van der Waals surface area contributed by atoms with Gasteiger partial charge in [0.1, 0.15) is 11.0 Å². The van der Waals surface area contributed by atoms with E-state index in [-0.39, 0.29) is 11.4 Å². The molecule has 0 spiro atoms. The summed E-state index contributed by atoms with van der Waals surface area (Å²) in [6.07, 6.45) is 0. The lowest BCUT2D eigenvalue weighted by Gasteiger charge is -2.17. The van der Waals surface area contributed by atoms with Crippen molar-refractivity contribution >= 4 is 21.4 Å². The highest BCUT2D eigenvalue weighted by Crippen LogP contribution is 2.33. The SMILES string of the molecule is COc1ccccc1[C@H](C[NH3+])S(=O)(=O)c1ccc(Cl)cc1. The summed E-state index contributed by atoms with van der Waals surface area (Å²) in [5.74, 6) is 0.545. The summed E-state index contributed by atoms with van der Waals surface area (Å²) in [7, 11) is -2.03. The first-order valence-corrected chi connectivity index (χ1v) is 8.34. The molecular weight excluding hydrogens is 310 g/mol. The first-order chi connectivity index (χ1) is 10.0. The monoisotopic (exact) mass is 326 g/mol. The van der Waals surface area contributed by atoms with Crippen LogP contribution in [0.2, 0.25) is 5.02 Å². The Bertz CT molecular complexity index is 714. The smallest absolute Gasteiger partial charge is 0.191 e. The largest absolute Gasteiger partial charge is 0.496 e. The van der Waals surface area contributed by atoms with Gasteiger partial charge in [-0.3, -0.25) is 0 Å². The van der Waals surface area contributed by atoms with Crippen molar-refractivity contribution in [2.24, 2.45) is 0 Å². The molecule has 3 N–H and O–H groups in total. The van der Waals surface area contributed by atoms with Crippen molar-refractivity contribution in [3.8, 4) is 5.75 Å². The lowest BCUT2D eigenvalue weighted by molar-refractivity contribution is -0.367. The molecule has 0 aliphatic carbocycles. The topological polar surface area (TPSA) is 71.0 Å². The standard InChI is InChI=1S/C15H16ClNO3S/c1-20-14-5-3-2-4-13(14)15(10-17)21(18,19)12-8-6-11(16)7-9-12/h2-9,15H,10,17H2,1H3/p+1/t15-/m0/s1. The molecule has 21 heavy (non-hydrogen) atoms. The van der Waals surface area contributed by atoms with Gasteiger partial charge in [-0.2, -0.15) is 0 Å². The van der Waals surface area contributed by atoms with E-state index >= 15 is 0 Å². The fourth-order valence-corrected chi connectivity index (χ4v) is 4.01. The number of halogens is 1. The van der Waals surface area contributed by atoms with Crippen LogP contribution in [0.5, 0.6) is 5.75 Å². The zero-order valence-corrected chi connectivity index (χ0v) is 13.2. The Labute approximate surface area is 129 Å². The summed E-state index contributed by atoms with van der Waals surface area (Å²) < 4.78 is 30.9. The molecule has 0 unspecified atom stereocenters. The second kappa shape index (κ2) is 6.47. The Balaban J connectivity index is 2.52. The molecular formula is C15H17ClNO3S+. The molecule has 4 nitrogen and oxygen atoms in total. The summed E-state index contributed by atoms with van der Waals surface area (Å²) in [5, 5.41) is -0.257. The van der Waals surface area contributed by atoms with Gasteiger partial charge in [0.05, 0.1) is 18.6 Å². The first kappa shape index (κ1) is 15.8. The van der Waals surface area contributed by atoms with E-state index in [0.717, 1.165) is 0 Å². The van der Waals surface area contributed by atoms with E-state index in [9.17, 15) is 8.42 Å². The van der Waals surface area contributed by atoms with Gasteiger partial charge in [-0.1, -0.05) is 29.8 Å². The second-order valence-electron chi connectivity index (χ2n) is 4.52. The lowest BCUT2D eigenvalue weighted by atomic mass is 10.1. The molecule has 0 aliphatic heterocycles. The van der Waals surface area contributed by atoms with Crippen LogP contribution in [0.4, 0.5) is 0 Å². The number of benzene rings is 2. The Morgan fingerprint density at radius 2 is 1.76 bits per heavy atom. The number of methoxy groups -OCH3 is 1. The molecule has 0 saturated heterocycles. The Morgan fingerprint density at radius 3 is 2.33 bits per heavy atom. The van der Waals surface area contributed by atoms with Crippen LogP contribution in [-0.2, 0) is 9.84 Å². The van der Waals surface area contributed by atoms with E-state index in [1.165, 1.54) is 19.2 Å². The van der Waals surface area contributed by atoms with Gasteiger partial charge in [0.2, 0.25) is 0 Å². The third-order valence-corrected chi connectivity index (χ3v) is 5.68. The van der Waals surface area contributed by atoms with Crippen LogP contribution >= 0.6 is 11.6 Å². The zero-order chi connectivity index (χ0) is 15.5. The van der Waals surface area contributed by atoms with Crippen molar-refractivity contribution in [1.29, 1.82) is 0 Å². The van der Waals surface area contributed by atoms with E-state index in [2.05, 4.69) is 5.73 Å². The van der Waals surface area contributed by atoms with Crippen molar-refractivity contribution in [2.75, 3.05) is 13.7 Å². The number of ether oxygens (including phenoxy) is 1. The fraction of sp³-hybridized carbons (Fsp3) is 0.200. The number of quaternary nitrogens is 1. The number of para-hydroxylation sites is 1. The minimum atomic E-state index is -3.55. The number of sulfone groups is 1. The van der Waals surface area contributed by atoms with Crippen LogP contribution in [0, 0.1) is 0 Å². The van der Waals surface area contributed by atoms with Crippen LogP contribution in [-0.4, -0.2) is 22.1 Å². The third-order valence-electron chi connectivity index (χ3n) is 3.26. The van der Waals surface area contributed by atoms with Crippen LogP contribution in [0.15, 0.2) is 53.4 Å². The van der Waals surface area contributed by atoms with E-state index < -0.39 is 15.1 Å². The Morgan fingerprint density at radius 1 is 1.14 bits per heavy atom. The van der Waals surface area contributed by atoms with Gasteiger partial charge in [-0.15, -0.1) is 0 Å². The van der Waals surface area contributed by atoms with Crippen LogP contribution in [0.3, 0.4) is 0 Å². The summed E-state index contributed by atoms with van der Waals surface area (Å²) in [5.41, 5.74) is 4.40. The van der Waals surface area contributed by atoms with Gasteiger partial charge in [0, 0.05) is 10.6 Å². The molecule has 0 heterocycles. The predicted molar refractivity (Wildman–Crippen MR) is 82.1 cm³/mol. The van der Waals surface area contributed by atoms with E-state index in [4.69, 9.17) is 16.3 Å². The molecule has 0 amide bonds. The first-order valence-electron chi connectivity index (χ1n) is 6.42. The van der Waals surface area contributed by atoms with Crippen LogP contribution in [0.1, 0.15) is 10.8 Å². The quantitative estimate of drug-likeness (QED) is 0.914. The molecule has 0 fully saturated rings. The zero-order valence-electron chi connectivity index (χ0n) is 11.6. The molecule has 0 aromatic heterocycles. The Hall–Kier alpha value is -1.56. The molecule has 2 aromatic rings. The Kier molecular flexibility index (Phi) is 4.88. The van der Waals surface area contributed by atoms with Crippen molar-refractivity contribution in [3.05, 3.63) is 59.1 Å². The summed E-state index contributed by atoms with van der Waals surface area (Å²) >= 11 is 5.81. The molecule has 0 radical (unpaired) electrons. The molecule has 0 saturated carbocycles. The van der Waals surface area contributed by atoms with E-state index in [1.54, 1.807) is 36.4 Å². The van der Waals surface area contributed by atoms with Crippen molar-refractivity contribution in [2.45, 2.75) is 10.1 Å². The molecule has 2 rings (SSSR count). The van der Waals surface area contributed by atoms with Crippen molar-refractivity contribution in [3.63, 3.8) is 0 Å². The molecule has 0 aliphatic rings. The van der Waals surface area contributed by atoms with Crippen molar-refractivity contribution in [1.82, 2.24) is 0 Å². The maximum atomic E-state index is 12.8. The molecule has 6 heteroatoms. The van der Waals surface area contributed by atoms with Crippen LogP contribution < -0.4 is 10.5 Å². The summed E-state index contributed by atoms with van der Waals surface area (Å²) in [6, 6.07) is 13.2. The fourth-order valence-electron chi connectivity index (χ4n) is 2.20. The molecule has 112 valence electrons. The highest BCUT2D eigenvalue weighted by Gasteiger charge is 2.31.